The number of carbonyl (C=O) groups is 3. The lowest BCUT2D eigenvalue weighted by Gasteiger charge is -2.28. The molecule has 2 amide bonds. The number of Topliss-reactive ketones (excluding diaryl/α,β-unsaturated/α-hetero) is 1. The quantitative estimate of drug-likeness (QED) is 0.0661. The summed E-state index contributed by atoms with van der Waals surface area (Å²) in [6.45, 7) is 1.40. The van der Waals surface area contributed by atoms with Gasteiger partial charge < -0.3 is 30.4 Å². The van der Waals surface area contributed by atoms with Crippen molar-refractivity contribution in [3.8, 4) is 11.5 Å². The van der Waals surface area contributed by atoms with Gasteiger partial charge >= 0.3 is 6.09 Å². The predicted octanol–water partition coefficient (Wildman–Crippen LogP) is 6.56. The number of hydrogen-bond acceptors (Lipinski definition) is 8. The monoisotopic (exact) mass is 623 g/mol. The van der Waals surface area contributed by atoms with Crippen LogP contribution in [0.15, 0.2) is 115 Å². The van der Waals surface area contributed by atoms with Crippen LogP contribution in [-0.2, 0) is 9.53 Å². The van der Waals surface area contributed by atoms with Crippen molar-refractivity contribution in [2.45, 2.75) is 32.0 Å². The van der Waals surface area contributed by atoms with Crippen molar-refractivity contribution in [3.63, 3.8) is 0 Å². The van der Waals surface area contributed by atoms with Gasteiger partial charge in [-0.1, -0.05) is 48.5 Å². The van der Waals surface area contributed by atoms with Gasteiger partial charge in [0, 0.05) is 11.3 Å². The second-order valence-corrected chi connectivity index (χ2v) is 10.3. The molecule has 5 N–H and O–H groups in total. The van der Waals surface area contributed by atoms with E-state index in [4.69, 9.17) is 19.9 Å². The number of allylic oxidation sites excluding steroid dienone is 1. The number of nitrogens with two attached hydrogens (primary N) is 1. The van der Waals surface area contributed by atoms with E-state index in [1.54, 1.807) is 91.0 Å². The number of rotatable bonds is 15. The molecule has 0 heterocycles. The third-order valence-corrected chi connectivity index (χ3v) is 6.79. The maximum absolute atomic E-state index is 13.3. The summed E-state index contributed by atoms with van der Waals surface area (Å²) in [7, 11) is 0. The third-order valence-electron chi connectivity index (χ3n) is 6.79. The van der Waals surface area contributed by atoms with Crippen molar-refractivity contribution < 1.29 is 33.7 Å². The smallest absolute Gasteiger partial charge is 0.412 e. The van der Waals surface area contributed by atoms with Crippen LogP contribution in [0.25, 0.3) is 0 Å². The number of ether oxygens (including phenoxy) is 3. The van der Waals surface area contributed by atoms with Gasteiger partial charge in [0.05, 0.1) is 18.0 Å². The van der Waals surface area contributed by atoms with Crippen molar-refractivity contribution >= 4 is 34.8 Å². The molecule has 0 saturated carbocycles. The Morgan fingerprint density at radius 1 is 0.870 bits per heavy atom. The van der Waals surface area contributed by atoms with Gasteiger partial charge in [-0.25, -0.2) is 4.79 Å². The maximum Gasteiger partial charge on any atom is 0.412 e. The number of nitrogen functional groups attached to an aromatic ring is 1. The lowest BCUT2D eigenvalue weighted by atomic mass is 9.99. The van der Waals surface area contributed by atoms with Crippen LogP contribution in [0.1, 0.15) is 41.8 Å². The average molecular weight is 624 g/mol. The lowest BCUT2D eigenvalue weighted by molar-refractivity contribution is -0.111. The molecule has 0 aliphatic heterocycles. The topological polar surface area (TPSA) is 149 Å². The molecule has 0 spiro atoms. The molecule has 0 aliphatic carbocycles. The molecule has 0 unspecified atom stereocenters. The summed E-state index contributed by atoms with van der Waals surface area (Å²) >= 11 is 0. The molecule has 46 heavy (non-hydrogen) atoms. The zero-order chi connectivity index (χ0) is 32.7. The van der Waals surface area contributed by atoms with Crippen LogP contribution >= 0.6 is 0 Å². The largest absolute Gasteiger partial charge is 0.491 e. The molecule has 0 radical (unpaired) electrons. The Bertz CT molecular complexity index is 1620. The van der Waals surface area contributed by atoms with Gasteiger partial charge in [-0.05, 0) is 92.1 Å². The first-order chi connectivity index (χ1) is 22.3. The summed E-state index contributed by atoms with van der Waals surface area (Å²) < 4.78 is 18.0. The van der Waals surface area contributed by atoms with Crippen molar-refractivity contribution in [2.75, 3.05) is 29.6 Å². The van der Waals surface area contributed by atoms with E-state index >= 15 is 0 Å². The normalized spacial score (nSPS) is 12.1. The molecule has 4 rings (SSSR count). The van der Waals surface area contributed by atoms with Gasteiger partial charge in [0.25, 0.3) is 0 Å². The Labute approximate surface area is 267 Å². The number of nitrogens with one attached hydrogen (secondary N) is 2. The number of ketones is 1. The van der Waals surface area contributed by atoms with Crippen molar-refractivity contribution in [3.05, 3.63) is 126 Å². The lowest BCUT2D eigenvalue weighted by Crippen LogP contribution is -2.31. The van der Waals surface area contributed by atoms with Gasteiger partial charge in [-0.2, -0.15) is 0 Å². The van der Waals surface area contributed by atoms with Gasteiger partial charge in [0.2, 0.25) is 5.91 Å². The first kappa shape index (κ1) is 33.3. The van der Waals surface area contributed by atoms with E-state index in [2.05, 4.69) is 10.6 Å². The molecule has 0 bridgehead atoms. The van der Waals surface area contributed by atoms with Gasteiger partial charge in [0.1, 0.15) is 24.2 Å². The molecule has 238 valence electrons. The zero-order valence-electron chi connectivity index (χ0n) is 25.4. The Hall–Kier alpha value is -5.61. The molecule has 4 aromatic carbocycles. The summed E-state index contributed by atoms with van der Waals surface area (Å²) in [6.07, 6.45) is 1.55. The van der Waals surface area contributed by atoms with Crippen LogP contribution in [0.2, 0.25) is 0 Å². The van der Waals surface area contributed by atoms with Gasteiger partial charge in [0.15, 0.2) is 11.9 Å². The Morgan fingerprint density at radius 2 is 1.59 bits per heavy atom. The van der Waals surface area contributed by atoms with Crippen LogP contribution in [0.4, 0.5) is 21.9 Å². The first-order valence-corrected chi connectivity index (χ1v) is 14.8. The maximum atomic E-state index is 13.3. The summed E-state index contributed by atoms with van der Waals surface area (Å²) in [6, 6.07) is 29.6. The van der Waals surface area contributed by atoms with Crippen LogP contribution in [0.3, 0.4) is 0 Å². The highest BCUT2D eigenvalue weighted by Gasteiger charge is 2.29. The summed E-state index contributed by atoms with van der Waals surface area (Å²) in [5, 5.41) is 14.7. The minimum atomic E-state index is -0.916. The number of hydrogen-bond donors (Lipinski definition) is 4. The van der Waals surface area contributed by atoms with E-state index in [1.807, 2.05) is 18.2 Å². The van der Waals surface area contributed by atoms with Gasteiger partial charge in [-0.15, -0.1) is 0 Å². The second kappa shape index (κ2) is 17.0. The molecular formula is C36H37N3O7. The standard InChI is InChI=1S/C36H37N3O7/c1-25(41)26-18-20-28(21-19-26)38-36(43)46-35(27-10-9-13-30(24-27)44-23-22-40)33(45-29-11-3-2-4-12-29)16-7-8-17-34(42)39-32-15-6-5-14-31(32)37/h2-6,8-15,17-21,24,33,35,40H,7,16,22-23,37H2,1H3,(H,38,43)(H,39,42)/b17-8+/t33-,35-/m0/s1. The van der Waals surface area contributed by atoms with Crippen LogP contribution in [-0.4, -0.2) is 42.2 Å². The fourth-order valence-electron chi connectivity index (χ4n) is 4.54. The highest BCUT2D eigenvalue weighted by Crippen LogP contribution is 2.31. The molecule has 0 aliphatic rings. The van der Waals surface area contributed by atoms with E-state index in [9.17, 15) is 19.5 Å². The van der Waals surface area contributed by atoms with E-state index in [0.717, 1.165) is 0 Å². The summed E-state index contributed by atoms with van der Waals surface area (Å²) in [5.41, 5.74) is 8.46. The molecule has 10 nitrogen and oxygen atoms in total. The minimum absolute atomic E-state index is 0.0888. The van der Waals surface area contributed by atoms with E-state index < -0.39 is 18.3 Å². The summed E-state index contributed by atoms with van der Waals surface area (Å²) in [4.78, 5) is 37.5. The Kier molecular flexibility index (Phi) is 12.3. The molecule has 10 heteroatoms. The van der Waals surface area contributed by atoms with Crippen molar-refractivity contribution in [1.82, 2.24) is 0 Å². The van der Waals surface area contributed by atoms with E-state index in [1.165, 1.54) is 13.0 Å². The molecule has 4 aromatic rings. The minimum Gasteiger partial charge on any atom is -0.491 e. The third kappa shape index (κ3) is 10.2. The average Bonchev–Trinajstić information content (AvgIpc) is 3.06. The number of carbonyl (C=O) groups excluding carboxylic acids is 3. The number of amides is 2. The number of para-hydroxylation sites is 3. The zero-order valence-corrected chi connectivity index (χ0v) is 25.4. The number of benzene rings is 4. The SMILES string of the molecule is CC(=O)c1ccc(NC(=O)O[C@@H](c2cccc(OCCO)c2)[C@H](CC/C=C/C(=O)Nc2ccccc2N)Oc2ccccc2)cc1. The fourth-order valence-corrected chi connectivity index (χ4v) is 4.54. The van der Waals surface area contributed by atoms with Crippen LogP contribution < -0.4 is 25.8 Å². The Morgan fingerprint density at radius 3 is 2.30 bits per heavy atom. The van der Waals surface area contributed by atoms with E-state index in [-0.39, 0.29) is 24.9 Å². The molecular weight excluding hydrogens is 586 g/mol. The van der Waals surface area contributed by atoms with Crippen LogP contribution in [0.5, 0.6) is 11.5 Å². The van der Waals surface area contributed by atoms with Gasteiger partial charge in [-0.3, -0.25) is 14.9 Å². The van der Waals surface area contributed by atoms with Crippen LogP contribution in [0, 0.1) is 0 Å². The first-order valence-electron chi connectivity index (χ1n) is 14.8. The molecule has 0 saturated heterocycles. The van der Waals surface area contributed by atoms with Crippen molar-refractivity contribution in [2.24, 2.45) is 0 Å². The Balaban J connectivity index is 1.57. The van der Waals surface area contributed by atoms with Crippen molar-refractivity contribution in [1.29, 1.82) is 0 Å². The second-order valence-electron chi connectivity index (χ2n) is 10.3. The molecule has 0 aromatic heterocycles. The summed E-state index contributed by atoms with van der Waals surface area (Å²) in [5.74, 6) is 0.620. The van der Waals surface area contributed by atoms with E-state index in [0.29, 0.717) is 52.5 Å². The fraction of sp³-hybridized carbons (Fsp3) is 0.194. The molecule has 0 fully saturated rings. The highest BCUT2D eigenvalue weighted by molar-refractivity contribution is 6.01. The number of aliphatic hydroxyl groups is 1. The number of anilines is 3. The molecule has 2 atom stereocenters. The predicted molar refractivity (Wildman–Crippen MR) is 177 cm³/mol. The highest BCUT2D eigenvalue weighted by atomic mass is 16.6. The number of aliphatic hydroxyl groups excluding tert-OH is 1.